The number of rotatable bonds is 4. The number of amides is 1. The van der Waals surface area contributed by atoms with E-state index < -0.39 is 0 Å². The zero-order valence-corrected chi connectivity index (χ0v) is 11.6. The van der Waals surface area contributed by atoms with Crippen molar-refractivity contribution in [3.05, 3.63) is 48.0 Å². The summed E-state index contributed by atoms with van der Waals surface area (Å²) < 4.78 is 1.86. The van der Waals surface area contributed by atoms with Gasteiger partial charge in [0.05, 0.1) is 6.42 Å². The van der Waals surface area contributed by atoms with Crippen LogP contribution in [-0.4, -0.2) is 15.5 Å². The smallest absolute Gasteiger partial charge is 0.231 e. The Morgan fingerprint density at radius 3 is 2.74 bits per heavy atom. The average Bonchev–Trinajstić information content (AvgIpc) is 2.75. The summed E-state index contributed by atoms with van der Waals surface area (Å²) in [5, 5.41) is 2.97. The molecule has 1 aromatic heterocycles. The number of imidazole rings is 1. The van der Waals surface area contributed by atoms with Gasteiger partial charge in [-0.3, -0.25) is 4.79 Å². The van der Waals surface area contributed by atoms with Crippen molar-refractivity contribution >= 4 is 11.6 Å². The average molecular weight is 257 g/mol. The second kappa shape index (κ2) is 5.69. The van der Waals surface area contributed by atoms with E-state index in [0.29, 0.717) is 5.92 Å². The van der Waals surface area contributed by atoms with E-state index in [9.17, 15) is 4.79 Å². The molecule has 4 heteroatoms. The summed E-state index contributed by atoms with van der Waals surface area (Å²) in [5.74, 6) is 1.10. The number of nitrogens with one attached hydrogen (secondary N) is 1. The summed E-state index contributed by atoms with van der Waals surface area (Å²) in [5.41, 5.74) is 2.03. The molecule has 0 saturated carbocycles. The van der Waals surface area contributed by atoms with Crippen LogP contribution in [0, 0.1) is 0 Å². The predicted octanol–water partition coefficient (Wildman–Crippen LogP) is 2.72. The molecular formula is C15H19N3O. The Hall–Kier alpha value is -2.10. The number of aryl methyl sites for hydroxylation is 1. The van der Waals surface area contributed by atoms with Gasteiger partial charge in [-0.25, -0.2) is 4.98 Å². The van der Waals surface area contributed by atoms with E-state index in [0.717, 1.165) is 17.1 Å². The van der Waals surface area contributed by atoms with Crippen LogP contribution >= 0.6 is 0 Å². The first-order chi connectivity index (χ1) is 9.08. The van der Waals surface area contributed by atoms with Crippen molar-refractivity contribution < 1.29 is 4.79 Å². The number of carbonyl (C=O) groups is 1. The number of aromatic nitrogens is 2. The Morgan fingerprint density at radius 2 is 2.11 bits per heavy atom. The third kappa shape index (κ3) is 3.22. The summed E-state index contributed by atoms with van der Waals surface area (Å²) in [6, 6.07) is 7.90. The molecule has 1 heterocycles. The van der Waals surface area contributed by atoms with E-state index >= 15 is 0 Å². The van der Waals surface area contributed by atoms with Crippen molar-refractivity contribution in [2.45, 2.75) is 26.2 Å². The van der Waals surface area contributed by atoms with Crippen molar-refractivity contribution in [2.24, 2.45) is 7.05 Å². The van der Waals surface area contributed by atoms with Gasteiger partial charge in [0.2, 0.25) is 5.91 Å². The van der Waals surface area contributed by atoms with Gasteiger partial charge < -0.3 is 9.88 Å². The lowest BCUT2D eigenvalue weighted by molar-refractivity contribution is -0.115. The Bertz CT molecular complexity index is 572. The Morgan fingerprint density at radius 1 is 1.37 bits per heavy atom. The van der Waals surface area contributed by atoms with Crippen molar-refractivity contribution in [1.82, 2.24) is 9.55 Å². The molecule has 2 rings (SSSR count). The maximum Gasteiger partial charge on any atom is 0.231 e. The van der Waals surface area contributed by atoms with Crippen molar-refractivity contribution in [2.75, 3.05) is 5.32 Å². The first-order valence-electron chi connectivity index (χ1n) is 6.43. The zero-order valence-electron chi connectivity index (χ0n) is 11.6. The third-order valence-corrected chi connectivity index (χ3v) is 3.10. The molecule has 0 saturated heterocycles. The molecule has 0 aliphatic carbocycles. The number of carbonyl (C=O) groups excluding carboxylic acids is 1. The largest absolute Gasteiger partial charge is 0.338 e. The fourth-order valence-corrected chi connectivity index (χ4v) is 2.02. The van der Waals surface area contributed by atoms with Crippen LogP contribution < -0.4 is 5.32 Å². The second-order valence-corrected chi connectivity index (χ2v) is 4.92. The highest BCUT2D eigenvalue weighted by Gasteiger charge is 2.11. The molecule has 19 heavy (non-hydrogen) atoms. The fraction of sp³-hybridized carbons (Fsp3) is 0.333. The normalized spacial score (nSPS) is 10.7. The standard InChI is InChI=1S/C15H19N3O/c1-11(2)12-6-4-5-7-13(12)17-15(19)10-14-16-8-9-18(14)3/h4-9,11H,10H2,1-3H3,(H,17,19). The summed E-state index contributed by atoms with van der Waals surface area (Å²) in [6.07, 6.45) is 3.82. The van der Waals surface area contributed by atoms with Gasteiger partial charge in [0, 0.05) is 25.1 Å². The van der Waals surface area contributed by atoms with Crippen molar-refractivity contribution in [1.29, 1.82) is 0 Å². The molecule has 0 fully saturated rings. The van der Waals surface area contributed by atoms with Gasteiger partial charge in [0.25, 0.3) is 0 Å². The lowest BCUT2D eigenvalue weighted by Gasteiger charge is -2.13. The quantitative estimate of drug-likeness (QED) is 0.915. The number of para-hydroxylation sites is 1. The number of hydrogen-bond acceptors (Lipinski definition) is 2. The van der Waals surface area contributed by atoms with Crippen LogP contribution in [0.25, 0.3) is 0 Å². The van der Waals surface area contributed by atoms with Crippen LogP contribution in [0.1, 0.15) is 31.2 Å². The lowest BCUT2D eigenvalue weighted by Crippen LogP contribution is -2.17. The number of benzene rings is 1. The van der Waals surface area contributed by atoms with E-state index in [2.05, 4.69) is 24.1 Å². The topological polar surface area (TPSA) is 46.9 Å². The number of hydrogen-bond donors (Lipinski definition) is 1. The van der Waals surface area contributed by atoms with Crippen LogP contribution in [0.4, 0.5) is 5.69 Å². The highest BCUT2D eigenvalue weighted by Crippen LogP contribution is 2.23. The van der Waals surface area contributed by atoms with Crippen molar-refractivity contribution in [3.8, 4) is 0 Å². The Labute approximate surface area is 113 Å². The Balaban J connectivity index is 2.09. The lowest BCUT2D eigenvalue weighted by atomic mass is 10.0. The number of anilines is 1. The maximum absolute atomic E-state index is 12.0. The highest BCUT2D eigenvalue weighted by atomic mass is 16.1. The molecule has 0 bridgehead atoms. The first-order valence-corrected chi connectivity index (χ1v) is 6.43. The molecule has 1 N–H and O–H groups in total. The van der Waals surface area contributed by atoms with E-state index in [1.54, 1.807) is 6.20 Å². The molecule has 1 amide bonds. The molecule has 0 spiro atoms. The molecular weight excluding hydrogens is 238 g/mol. The van der Waals surface area contributed by atoms with Gasteiger partial charge in [0.15, 0.2) is 0 Å². The predicted molar refractivity (Wildman–Crippen MR) is 76.1 cm³/mol. The van der Waals surface area contributed by atoms with E-state index in [1.807, 2.05) is 42.1 Å². The minimum absolute atomic E-state index is 0.0394. The van der Waals surface area contributed by atoms with E-state index in [1.165, 1.54) is 0 Å². The first kappa shape index (κ1) is 13.3. The minimum Gasteiger partial charge on any atom is -0.338 e. The molecule has 0 radical (unpaired) electrons. The van der Waals surface area contributed by atoms with Crippen molar-refractivity contribution in [3.63, 3.8) is 0 Å². The van der Waals surface area contributed by atoms with Gasteiger partial charge in [-0.1, -0.05) is 32.0 Å². The SMILES string of the molecule is CC(C)c1ccccc1NC(=O)Cc1nccn1C. The van der Waals surface area contributed by atoms with Crippen LogP contribution in [0.2, 0.25) is 0 Å². The fourth-order valence-electron chi connectivity index (χ4n) is 2.02. The summed E-state index contributed by atoms with van der Waals surface area (Å²) in [4.78, 5) is 16.2. The van der Waals surface area contributed by atoms with Crippen LogP contribution in [-0.2, 0) is 18.3 Å². The minimum atomic E-state index is -0.0394. The van der Waals surface area contributed by atoms with Crippen LogP contribution in [0.3, 0.4) is 0 Å². The second-order valence-electron chi connectivity index (χ2n) is 4.92. The summed E-state index contributed by atoms with van der Waals surface area (Å²) in [6.45, 7) is 4.23. The maximum atomic E-state index is 12.0. The molecule has 0 aliphatic rings. The van der Waals surface area contributed by atoms with E-state index in [-0.39, 0.29) is 12.3 Å². The summed E-state index contributed by atoms with van der Waals surface area (Å²) in [7, 11) is 1.89. The molecule has 0 aliphatic heterocycles. The molecule has 4 nitrogen and oxygen atoms in total. The molecule has 100 valence electrons. The monoisotopic (exact) mass is 257 g/mol. The number of nitrogens with zero attached hydrogens (tertiary/aromatic N) is 2. The van der Waals surface area contributed by atoms with Gasteiger partial charge in [-0.05, 0) is 17.5 Å². The molecule has 1 aromatic carbocycles. The third-order valence-electron chi connectivity index (χ3n) is 3.10. The van der Waals surface area contributed by atoms with Gasteiger partial charge in [-0.15, -0.1) is 0 Å². The van der Waals surface area contributed by atoms with E-state index in [4.69, 9.17) is 0 Å². The van der Waals surface area contributed by atoms with Gasteiger partial charge in [0.1, 0.15) is 5.82 Å². The molecule has 0 atom stereocenters. The molecule has 2 aromatic rings. The summed E-state index contributed by atoms with van der Waals surface area (Å²) >= 11 is 0. The Kier molecular flexibility index (Phi) is 4.00. The van der Waals surface area contributed by atoms with Crippen LogP contribution in [0.15, 0.2) is 36.7 Å². The van der Waals surface area contributed by atoms with Gasteiger partial charge in [-0.2, -0.15) is 0 Å². The highest BCUT2D eigenvalue weighted by molar-refractivity contribution is 5.92. The van der Waals surface area contributed by atoms with Crippen LogP contribution in [0.5, 0.6) is 0 Å². The molecule has 0 unspecified atom stereocenters. The van der Waals surface area contributed by atoms with Gasteiger partial charge >= 0.3 is 0 Å². The zero-order chi connectivity index (χ0) is 13.8.